The number of guanidine groups is 1. The summed E-state index contributed by atoms with van der Waals surface area (Å²) in [5.41, 5.74) is 22.5. The van der Waals surface area contributed by atoms with Crippen molar-refractivity contribution in [2.75, 3.05) is 19.8 Å². The first-order chi connectivity index (χ1) is 41.0. The number of aromatic nitrogens is 2. The number of aliphatic carboxylic acids is 1. The molecule has 1 heterocycles. The van der Waals surface area contributed by atoms with Gasteiger partial charge >= 0.3 is 5.97 Å². The molecule has 1 aromatic heterocycles. The second-order valence-corrected chi connectivity index (χ2v) is 23.2. The van der Waals surface area contributed by atoms with Gasteiger partial charge in [-0.2, -0.15) is 0 Å². The number of hydrogen-bond donors (Lipinski definition) is 20. The van der Waals surface area contributed by atoms with Gasteiger partial charge in [0.15, 0.2) is 5.96 Å². The number of primary amides is 1. The maximum Gasteiger partial charge on any atom is 0.326 e. The lowest BCUT2D eigenvalue weighted by Crippen LogP contribution is -2.63. The fourth-order valence-corrected chi connectivity index (χ4v) is 8.58. The van der Waals surface area contributed by atoms with Gasteiger partial charge in [0.05, 0.1) is 44.2 Å². The number of amides is 11. The number of rotatable bonds is 41. The zero-order chi connectivity index (χ0) is 67.3. The summed E-state index contributed by atoms with van der Waals surface area (Å²) in [6.45, 7) is 13.9. The highest BCUT2D eigenvalue weighted by Gasteiger charge is 2.39. The van der Waals surface area contributed by atoms with Crippen molar-refractivity contribution in [1.29, 1.82) is 0 Å². The number of carbonyl (C=O) groups is 12. The Balaban J connectivity index is 3.33. The largest absolute Gasteiger partial charge is 0.480 e. The topological polar surface area (TPSA) is 571 Å². The van der Waals surface area contributed by atoms with Gasteiger partial charge in [-0.25, -0.2) is 9.78 Å². The number of H-pyrrole nitrogens is 1. The van der Waals surface area contributed by atoms with E-state index in [0.29, 0.717) is 5.69 Å². The second kappa shape index (κ2) is 38.9. The van der Waals surface area contributed by atoms with Crippen molar-refractivity contribution in [1.82, 2.24) is 63.1 Å². The van der Waals surface area contributed by atoms with E-state index in [2.05, 4.69) is 68.1 Å². The number of nitrogens with two attached hydrogens (primary N) is 4. The number of carbonyl (C=O) groups excluding carboxylic acids is 11. The smallest absolute Gasteiger partial charge is 0.326 e. The average Bonchev–Trinajstić information content (AvgIpc) is 3.31. The van der Waals surface area contributed by atoms with Crippen LogP contribution in [0.5, 0.6) is 0 Å². The van der Waals surface area contributed by atoms with E-state index in [9.17, 15) is 83.1 Å². The molecule has 0 fully saturated rings. The number of aliphatic hydroxyl groups excluding tert-OH is 4. The van der Waals surface area contributed by atoms with Crippen molar-refractivity contribution in [3.63, 3.8) is 0 Å². The molecular weight excluding hydrogens is 1160 g/mol. The molecule has 0 radical (unpaired) electrons. The van der Waals surface area contributed by atoms with Gasteiger partial charge in [-0.3, -0.25) is 57.7 Å². The van der Waals surface area contributed by atoms with E-state index >= 15 is 0 Å². The number of imidazole rings is 1. The number of hydrogen-bond acceptors (Lipinski definition) is 19. The number of carboxylic acids is 1. The minimum absolute atomic E-state index is 0.00830. The van der Waals surface area contributed by atoms with E-state index in [1.807, 2.05) is 0 Å². The number of aliphatic hydroxyl groups is 4. The lowest BCUT2D eigenvalue weighted by molar-refractivity contribution is -0.142. The molecule has 13 atom stereocenters. The van der Waals surface area contributed by atoms with Crippen LogP contribution in [0.2, 0.25) is 0 Å². The van der Waals surface area contributed by atoms with Gasteiger partial charge in [0.2, 0.25) is 65.0 Å². The maximum absolute atomic E-state index is 14.1. The van der Waals surface area contributed by atoms with E-state index in [0.717, 1.165) is 13.8 Å². The van der Waals surface area contributed by atoms with Crippen LogP contribution in [-0.4, -0.2) is 211 Å². The van der Waals surface area contributed by atoms with Crippen molar-refractivity contribution in [2.45, 2.75) is 199 Å². The molecule has 1 rings (SSSR count). The standard InChI is InChI=1S/C54H95N17O17/c1-24(2)14-33(63-43(77)31(55)18-30-20-59-23-61-30)45(79)68-38(21-72)49(83)65-34(15-25(3)4)44(78)64-36(17-27(7)8)48(82)70-42(29(10)75)52(86)71-41(28(9)74)51(85)67-35(16-26(5)6)46(80)69-39(22-73)50(84)66-37(19-40(56)76)47(81)62-32(53(87)88)12-11-13-60-54(57)58/h20,23-29,31-39,41-42,72-75H,11-19,21-22,55H2,1-10H3,(H2,56,76)(H,59,61)(H,62,81)(H,63,77)(H,64,78)(H,65,83)(H,66,84)(H,67,85)(H,68,79)(H,69,80)(H,70,82)(H,71,86)(H,87,88)(H4,57,58,60). The van der Waals surface area contributed by atoms with Crippen LogP contribution in [0.1, 0.15) is 120 Å². The molecule has 11 amide bonds. The summed E-state index contributed by atoms with van der Waals surface area (Å²) in [4.78, 5) is 171. The second-order valence-electron chi connectivity index (χ2n) is 23.2. The van der Waals surface area contributed by atoms with Crippen molar-refractivity contribution in [3.05, 3.63) is 18.2 Å². The maximum atomic E-state index is 14.1. The highest BCUT2D eigenvalue weighted by atomic mass is 16.4. The third kappa shape index (κ3) is 29.1. The Morgan fingerprint density at radius 3 is 1.17 bits per heavy atom. The van der Waals surface area contributed by atoms with Crippen LogP contribution in [0.25, 0.3) is 0 Å². The average molecular weight is 1250 g/mol. The Morgan fingerprint density at radius 2 is 0.818 bits per heavy atom. The fraction of sp³-hybridized carbons (Fsp3) is 0.704. The first-order valence-corrected chi connectivity index (χ1v) is 28.9. The van der Waals surface area contributed by atoms with E-state index in [1.165, 1.54) is 12.5 Å². The summed E-state index contributed by atoms with van der Waals surface area (Å²) in [5.74, 6) is -14.3. The normalized spacial score (nSPS) is 15.8. The highest BCUT2D eigenvalue weighted by molar-refractivity contribution is 5.99. The quantitative estimate of drug-likeness (QED) is 0.0165. The number of aromatic amines is 1. The number of nitrogens with zero attached hydrogens (tertiary/aromatic N) is 2. The van der Waals surface area contributed by atoms with E-state index < -0.39 is 169 Å². The molecule has 13 unspecified atom stereocenters. The van der Waals surface area contributed by atoms with Gasteiger partial charge in [-0.1, -0.05) is 55.4 Å². The monoisotopic (exact) mass is 1250 g/mol. The predicted octanol–water partition coefficient (Wildman–Crippen LogP) is -6.93. The van der Waals surface area contributed by atoms with Crippen LogP contribution < -0.4 is 76.1 Å². The Labute approximate surface area is 510 Å². The lowest BCUT2D eigenvalue weighted by atomic mass is 9.99. The third-order valence-corrected chi connectivity index (χ3v) is 13.0. The van der Waals surface area contributed by atoms with Crippen LogP contribution in [0.15, 0.2) is 17.5 Å². The summed E-state index contributed by atoms with van der Waals surface area (Å²) in [7, 11) is 0. The van der Waals surface area contributed by atoms with E-state index in [1.54, 1.807) is 55.4 Å². The predicted molar refractivity (Wildman–Crippen MR) is 316 cm³/mol. The zero-order valence-corrected chi connectivity index (χ0v) is 51.6. The lowest BCUT2D eigenvalue weighted by Gasteiger charge is -2.30. The molecule has 34 heteroatoms. The molecule has 0 spiro atoms. The Bertz CT molecular complexity index is 2510. The van der Waals surface area contributed by atoms with Gasteiger partial charge in [-0.05, 0) is 76.0 Å². The van der Waals surface area contributed by atoms with Gasteiger partial charge < -0.3 is 107 Å². The van der Waals surface area contributed by atoms with Crippen molar-refractivity contribution in [2.24, 2.45) is 51.6 Å². The summed E-state index contributed by atoms with van der Waals surface area (Å²) in [6, 6.07) is -17.3. The minimum Gasteiger partial charge on any atom is -0.480 e. The fourth-order valence-electron chi connectivity index (χ4n) is 8.58. The number of nitrogens with one attached hydrogen (secondary N) is 11. The Kier molecular flexibility index (Phi) is 34.5. The molecule has 1 aromatic rings. The summed E-state index contributed by atoms with van der Waals surface area (Å²) in [5, 5.41) is 75.5. The zero-order valence-electron chi connectivity index (χ0n) is 51.6. The van der Waals surface area contributed by atoms with Crippen molar-refractivity contribution >= 4 is 76.9 Å². The summed E-state index contributed by atoms with van der Waals surface area (Å²) in [6.07, 6.45) is -1.57. The number of carboxylic acid groups (broad SMARTS) is 1. The molecule has 24 N–H and O–H groups in total. The third-order valence-electron chi connectivity index (χ3n) is 13.0. The Hall–Kier alpha value is -8.08. The summed E-state index contributed by atoms with van der Waals surface area (Å²) >= 11 is 0. The summed E-state index contributed by atoms with van der Waals surface area (Å²) < 4.78 is 0. The molecule has 0 aliphatic rings. The molecule has 0 bridgehead atoms. The van der Waals surface area contributed by atoms with Gasteiger partial charge in [0, 0.05) is 24.9 Å². The molecule has 498 valence electrons. The Morgan fingerprint density at radius 1 is 0.489 bits per heavy atom. The van der Waals surface area contributed by atoms with Crippen LogP contribution in [0.4, 0.5) is 0 Å². The molecule has 0 saturated carbocycles. The molecule has 34 nitrogen and oxygen atoms in total. The van der Waals surface area contributed by atoms with Crippen LogP contribution in [0, 0.1) is 23.7 Å². The SMILES string of the molecule is CC(C)CC(NC(=O)C(N)Cc1cnc[nH]1)C(=O)NC(CO)C(=O)NC(CC(C)C)C(=O)NC(CC(C)C)C(=O)NC(C(=O)NC(C(=O)NC(CC(C)C)C(=O)NC(CO)C(=O)NC(CC(N)=O)C(=O)NC(CCCN=C(N)N)C(=O)O)C(C)O)C(C)O. The number of aliphatic imine (C=N–C) groups is 1. The van der Waals surface area contributed by atoms with Gasteiger partial charge in [0.25, 0.3) is 0 Å². The van der Waals surface area contributed by atoms with Crippen LogP contribution in [0.3, 0.4) is 0 Å². The molecule has 88 heavy (non-hydrogen) atoms. The molecular formula is C54H95N17O17. The van der Waals surface area contributed by atoms with E-state index in [4.69, 9.17) is 22.9 Å². The molecule has 0 saturated heterocycles. The van der Waals surface area contributed by atoms with Crippen molar-refractivity contribution < 1.29 is 83.1 Å². The van der Waals surface area contributed by atoms with Crippen molar-refractivity contribution in [3.8, 4) is 0 Å². The van der Waals surface area contributed by atoms with Crippen LogP contribution >= 0.6 is 0 Å². The molecule has 0 aliphatic heterocycles. The van der Waals surface area contributed by atoms with E-state index in [-0.39, 0.29) is 81.1 Å². The van der Waals surface area contributed by atoms with Crippen LogP contribution in [-0.2, 0) is 64.0 Å². The first kappa shape index (κ1) is 77.9. The first-order valence-electron chi connectivity index (χ1n) is 28.9. The van der Waals surface area contributed by atoms with Gasteiger partial charge in [-0.15, -0.1) is 0 Å². The van der Waals surface area contributed by atoms with Gasteiger partial charge in [0.1, 0.15) is 60.4 Å². The highest BCUT2D eigenvalue weighted by Crippen LogP contribution is 2.13. The molecule has 0 aromatic carbocycles. The minimum atomic E-state index is -1.91. The molecule has 0 aliphatic carbocycles.